The van der Waals surface area contributed by atoms with E-state index < -0.39 is 18.7 Å². The van der Waals surface area contributed by atoms with Gasteiger partial charge in [-0.1, -0.05) is 29.8 Å². The van der Waals surface area contributed by atoms with Crippen molar-refractivity contribution >= 4 is 15.9 Å². The van der Waals surface area contributed by atoms with E-state index in [0.717, 1.165) is 10.0 Å². The quantitative estimate of drug-likeness (QED) is 0.802. The largest absolute Gasteiger partial charge is 0.492 e. The van der Waals surface area contributed by atoms with Crippen LogP contribution in [0.2, 0.25) is 0 Å². The normalized spacial score (nSPS) is 13.2. The molecule has 0 fully saturated rings. The van der Waals surface area contributed by atoms with Crippen LogP contribution in [0.4, 0.5) is 13.2 Å². The number of rotatable bonds is 4. The molecule has 0 radical (unpaired) electrons. The molecule has 1 aromatic rings. The van der Waals surface area contributed by atoms with Gasteiger partial charge in [-0.05, 0) is 29.7 Å². The first kappa shape index (κ1) is 15.8. The molecule has 0 spiro atoms. The fourth-order valence-corrected chi connectivity index (χ4v) is 1.86. The fourth-order valence-electron chi connectivity index (χ4n) is 1.48. The van der Waals surface area contributed by atoms with Gasteiger partial charge in [0.25, 0.3) is 0 Å². The molecule has 0 aliphatic heterocycles. The molecule has 104 valence electrons. The highest BCUT2D eigenvalue weighted by molar-refractivity contribution is 9.10. The zero-order valence-corrected chi connectivity index (χ0v) is 12.0. The Kier molecular flexibility index (Phi) is 5.24. The summed E-state index contributed by atoms with van der Waals surface area (Å²) in [6, 6.07) is 6.31. The molecule has 0 amide bonds. The first-order chi connectivity index (χ1) is 8.75. The van der Waals surface area contributed by atoms with Gasteiger partial charge in [0.2, 0.25) is 0 Å². The van der Waals surface area contributed by atoms with Gasteiger partial charge in [-0.25, -0.2) is 0 Å². The first-order valence-electron chi connectivity index (χ1n) is 5.64. The highest BCUT2D eigenvalue weighted by atomic mass is 79.9. The molecular weight excluding hydrogens is 323 g/mol. The van der Waals surface area contributed by atoms with Crippen molar-refractivity contribution in [2.75, 3.05) is 6.61 Å². The van der Waals surface area contributed by atoms with Gasteiger partial charge in [0.05, 0.1) is 6.07 Å². The highest BCUT2D eigenvalue weighted by Crippen LogP contribution is 2.31. The topological polar surface area (TPSA) is 33.0 Å². The van der Waals surface area contributed by atoms with Crippen molar-refractivity contribution in [3.8, 4) is 11.8 Å². The van der Waals surface area contributed by atoms with Gasteiger partial charge in [0.1, 0.15) is 12.4 Å². The van der Waals surface area contributed by atoms with Crippen LogP contribution in [-0.2, 0) is 0 Å². The Labute approximate surface area is 118 Å². The van der Waals surface area contributed by atoms with E-state index in [4.69, 9.17) is 10.00 Å². The lowest BCUT2D eigenvalue weighted by Crippen LogP contribution is -2.27. The maximum atomic E-state index is 12.4. The van der Waals surface area contributed by atoms with Gasteiger partial charge in [-0.2, -0.15) is 18.4 Å². The molecule has 0 heterocycles. The average molecular weight is 336 g/mol. The predicted molar refractivity (Wildman–Crippen MR) is 68.9 cm³/mol. The highest BCUT2D eigenvalue weighted by Gasteiger charge is 2.40. The van der Waals surface area contributed by atoms with Gasteiger partial charge in [-0.3, -0.25) is 0 Å². The van der Waals surface area contributed by atoms with Crippen LogP contribution in [0.1, 0.15) is 25.3 Å². The minimum atomic E-state index is -4.57. The third kappa shape index (κ3) is 4.43. The molecule has 1 unspecified atom stereocenters. The van der Waals surface area contributed by atoms with Gasteiger partial charge >= 0.3 is 6.18 Å². The fraction of sp³-hybridized carbons (Fsp3) is 0.462. The third-order valence-electron chi connectivity index (χ3n) is 2.55. The van der Waals surface area contributed by atoms with Crippen molar-refractivity contribution in [3.63, 3.8) is 0 Å². The molecule has 6 heteroatoms. The molecular formula is C13H13BrF3NO. The summed E-state index contributed by atoms with van der Waals surface area (Å²) in [6.07, 6.45) is -4.57. The lowest BCUT2D eigenvalue weighted by Gasteiger charge is -2.17. The van der Waals surface area contributed by atoms with E-state index in [2.05, 4.69) is 15.9 Å². The second-order valence-corrected chi connectivity index (χ2v) is 5.29. The van der Waals surface area contributed by atoms with Gasteiger partial charge in [0, 0.05) is 4.47 Å². The number of ether oxygens (including phenoxy) is 1. The summed E-state index contributed by atoms with van der Waals surface area (Å²) >= 11 is 3.30. The lowest BCUT2D eigenvalue weighted by molar-refractivity contribution is -0.165. The first-order valence-corrected chi connectivity index (χ1v) is 6.43. The second-order valence-electron chi connectivity index (χ2n) is 4.37. The maximum absolute atomic E-state index is 12.4. The van der Waals surface area contributed by atoms with Crippen LogP contribution in [0.25, 0.3) is 0 Å². The van der Waals surface area contributed by atoms with E-state index in [-0.39, 0.29) is 5.92 Å². The molecule has 1 aromatic carbocycles. The molecule has 19 heavy (non-hydrogen) atoms. The molecule has 1 atom stereocenters. The number of nitriles is 1. The summed E-state index contributed by atoms with van der Waals surface area (Å²) < 4.78 is 43.3. The summed E-state index contributed by atoms with van der Waals surface area (Å²) in [4.78, 5) is 0. The number of hydrogen-bond donors (Lipinski definition) is 0. The molecule has 2 nitrogen and oxygen atoms in total. The molecule has 0 aliphatic carbocycles. The average Bonchev–Trinajstić information content (AvgIpc) is 2.29. The van der Waals surface area contributed by atoms with Crippen LogP contribution < -0.4 is 4.74 Å². The van der Waals surface area contributed by atoms with Crippen LogP contribution in [0, 0.1) is 17.2 Å². The number of nitrogens with zero attached hydrogens (tertiary/aromatic N) is 1. The Bertz CT molecular complexity index is 480. The van der Waals surface area contributed by atoms with Crippen LogP contribution in [-0.4, -0.2) is 12.8 Å². The summed E-state index contributed by atoms with van der Waals surface area (Å²) in [7, 11) is 0. The zero-order chi connectivity index (χ0) is 14.6. The number of hydrogen-bond acceptors (Lipinski definition) is 2. The van der Waals surface area contributed by atoms with Crippen LogP contribution >= 0.6 is 15.9 Å². The van der Waals surface area contributed by atoms with Crippen molar-refractivity contribution in [1.82, 2.24) is 0 Å². The smallest absolute Gasteiger partial charge is 0.407 e. The van der Waals surface area contributed by atoms with Crippen molar-refractivity contribution in [2.24, 2.45) is 5.92 Å². The summed E-state index contributed by atoms with van der Waals surface area (Å²) in [5.74, 6) is -1.63. The minimum Gasteiger partial charge on any atom is -0.492 e. The molecule has 0 saturated carbocycles. The number of halogens is 4. The second kappa shape index (κ2) is 6.29. The van der Waals surface area contributed by atoms with E-state index in [1.165, 1.54) is 6.07 Å². The maximum Gasteiger partial charge on any atom is 0.407 e. The Hall–Kier alpha value is -1.22. The van der Waals surface area contributed by atoms with Crippen molar-refractivity contribution in [1.29, 1.82) is 5.26 Å². The number of alkyl halides is 3. The molecule has 1 rings (SSSR count). The Morgan fingerprint density at radius 3 is 2.47 bits per heavy atom. The van der Waals surface area contributed by atoms with Crippen LogP contribution in [0.15, 0.2) is 22.7 Å². The predicted octanol–water partition coefficient (Wildman–Crippen LogP) is 4.65. The van der Waals surface area contributed by atoms with E-state index in [1.54, 1.807) is 18.2 Å². The Morgan fingerprint density at radius 2 is 2.00 bits per heavy atom. The summed E-state index contributed by atoms with van der Waals surface area (Å²) in [5.41, 5.74) is 0.799. The van der Waals surface area contributed by atoms with Gasteiger partial charge in [-0.15, -0.1) is 0 Å². The SMILES string of the molecule is CC(C)c1cc(Br)ccc1OCC(C#N)C(F)(F)F. The van der Waals surface area contributed by atoms with E-state index >= 15 is 0 Å². The third-order valence-corrected chi connectivity index (χ3v) is 3.04. The van der Waals surface area contributed by atoms with Gasteiger partial charge < -0.3 is 4.74 Å². The Balaban J connectivity index is 2.86. The molecule has 0 N–H and O–H groups in total. The molecule has 0 bridgehead atoms. The summed E-state index contributed by atoms with van der Waals surface area (Å²) in [6.45, 7) is 3.14. The van der Waals surface area contributed by atoms with Crippen LogP contribution in [0.3, 0.4) is 0 Å². The van der Waals surface area contributed by atoms with Crippen molar-refractivity contribution in [2.45, 2.75) is 25.9 Å². The molecule has 0 saturated heterocycles. The van der Waals surface area contributed by atoms with E-state index in [9.17, 15) is 13.2 Å². The Morgan fingerprint density at radius 1 is 1.37 bits per heavy atom. The number of benzene rings is 1. The van der Waals surface area contributed by atoms with Gasteiger partial charge in [0.15, 0.2) is 5.92 Å². The van der Waals surface area contributed by atoms with Crippen molar-refractivity contribution < 1.29 is 17.9 Å². The van der Waals surface area contributed by atoms with E-state index in [1.807, 2.05) is 13.8 Å². The standard InChI is InChI=1S/C13H13BrF3NO/c1-8(2)11-5-10(14)3-4-12(11)19-7-9(6-18)13(15,16)17/h3-5,8-9H,7H2,1-2H3. The monoisotopic (exact) mass is 335 g/mol. The molecule has 0 aliphatic rings. The summed E-state index contributed by atoms with van der Waals surface area (Å²) in [5, 5.41) is 8.50. The van der Waals surface area contributed by atoms with E-state index in [0.29, 0.717) is 5.75 Å². The molecule has 0 aromatic heterocycles. The van der Waals surface area contributed by atoms with Crippen LogP contribution in [0.5, 0.6) is 5.75 Å². The zero-order valence-electron chi connectivity index (χ0n) is 10.5. The lowest BCUT2D eigenvalue weighted by atomic mass is 10.0. The van der Waals surface area contributed by atoms with Crippen molar-refractivity contribution in [3.05, 3.63) is 28.2 Å². The minimum absolute atomic E-state index is 0.110.